The van der Waals surface area contributed by atoms with Gasteiger partial charge < -0.3 is 10.1 Å². The van der Waals surface area contributed by atoms with E-state index in [4.69, 9.17) is 4.74 Å². The number of rotatable bonds is 4. The third-order valence-electron chi connectivity index (χ3n) is 2.54. The molecule has 1 fully saturated rings. The van der Waals surface area contributed by atoms with Crippen LogP contribution in [0.4, 0.5) is 0 Å². The molecule has 0 aromatic rings. The van der Waals surface area contributed by atoms with Gasteiger partial charge in [0, 0.05) is 13.1 Å². The summed E-state index contributed by atoms with van der Waals surface area (Å²) in [7, 11) is -1.34. The second-order valence-electron chi connectivity index (χ2n) is 3.99. The molecule has 5 nitrogen and oxygen atoms in total. The molecule has 1 unspecified atom stereocenters. The second kappa shape index (κ2) is 5.25. The Hall–Kier alpha value is -0.170. The van der Waals surface area contributed by atoms with Gasteiger partial charge in [-0.2, -0.15) is 4.31 Å². The van der Waals surface area contributed by atoms with Crippen LogP contribution in [0.1, 0.15) is 13.8 Å². The van der Waals surface area contributed by atoms with Crippen LogP contribution in [0.2, 0.25) is 0 Å². The first kappa shape index (κ1) is 12.9. The summed E-state index contributed by atoms with van der Waals surface area (Å²) in [6.45, 7) is 5.49. The maximum absolute atomic E-state index is 12.0. The number of hydrogen-bond donors (Lipinski definition) is 1. The number of nitrogens with one attached hydrogen (secondary N) is 1. The van der Waals surface area contributed by atoms with Gasteiger partial charge in [-0.25, -0.2) is 8.42 Å². The lowest BCUT2D eigenvalue weighted by molar-refractivity contribution is 0.0332. The summed E-state index contributed by atoms with van der Waals surface area (Å²) in [4.78, 5) is 0. The van der Waals surface area contributed by atoms with Crippen LogP contribution in [0.5, 0.6) is 0 Å². The molecule has 0 bridgehead atoms. The van der Waals surface area contributed by atoms with Gasteiger partial charge in [-0.3, -0.25) is 0 Å². The molecule has 0 saturated carbocycles. The highest BCUT2D eigenvalue weighted by molar-refractivity contribution is 7.89. The quantitative estimate of drug-likeness (QED) is 0.724. The van der Waals surface area contributed by atoms with E-state index >= 15 is 0 Å². The standard InChI is InChI=1S/C9H20N2O3S/c1-8(2)15(12,13)11-4-5-14-7-9(11)6-10-3/h8-10H,4-7H2,1-3H3. The lowest BCUT2D eigenvalue weighted by Crippen LogP contribution is -2.54. The Kier molecular flexibility index (Phi) is 4.51. The first-order chi connectivity index (χ1) is 7.00. The molecule has 1 aliphatic rings. The van der Waals surface area contributed by atoms with Gasteiger partial charge in [-0.1, -0.05) is 0 Å². The van der Waals surface area contributed by atoms with Crippen molar-refractivity contribution < 1.29 is 13.2 Å². The molecule has 0 spiro atoms. The Morgan fingerprint density at radius 1 is 1.53 bits per heavy atom. The van der Waals surface area contributed by atoms with Gasteiger partial charge in [0.2, 0.25) is 10.0 Å². The Labute approximate surface area is 91.8 Å². The average Bonchev–Trinajstić information content (AvgIpc) is 2.18. The SMILES string of the molecule is CNCC1COCCN1S(=O)(=O)C(C)C. The van der Waals surface area contributed by atoms with Gasteiger partial charge in [0.15, 0.2) is 0 Å². The molecule has 15 heavy (non-hydrogen) atoms. The van der Waals surface area contributed by atoms with Crippen LogP contribution in [0.3, 0.4) is 0 Å². The van der Waals surface area contributed by atoms with E-state index in [0.29, 0.717) is 26.3 Å². The summed E-state index contributed by atoms with van der Waals surface area (Å²) < 4.78 is 30.9. The number of sulfonamides is 1. The summed E-state index contributed by atoms with van der Waals surface area (Å²) in [6, 6.07) is -0.0730. The fourth-order valence-corrected chi connectivity index (χ4v) is 3.06. The minimum atomic E-state index is -3.16. The Morgan fingerprint density at radius 3 is 2.73 bits per heavy atom. The smallest absolute Gasteiger partial charge is 0.216 e. The lowest BCUT2D eigenvalue weighted by Gasteiger charge is -2.35. The van der Waals surface area contributed by atoms with E-state index in [1.807, 2.05) is 7.05 Å². The molecule has 0 aromatic heterocycles. The molecule has 1 heterocycles. The predicted molar refractivity (Wildman–Crippen MR) is 59.3 cm³/mol. The maximum atomic E-state index is 12.0. The average molecular weight is 236 g/mol. The van der Waals surface area contributed by atoms with Crippen molar-refractivity contribution in [2.75, 3.05) is 33.4 Å². The fourth-order valence-electron chi connectivity index (χ4n) is 1.64. The van der Waals surface area contributed by atoms with E-state index in [1.54, 1.807) is 18.2 Å². The molecule has 1 N–H and O–H groups in total. The molecular formula is C9H20N2O3S. The molecule has 0 amide bonds. The Balaban J connectivity index is 2.80. The zero-order chi connectivity index (χ0) is 11.5. The van der Waals surface area contributed by atoms with Crippen molar-refractivity contribution in [3.8, 4) is 0 Å². The van der Waals surface area contributed by atoms with E-state index in [0.717, 1.165) is 0 Å². The maximum Gasteiger partial charge on any atom is 0.216 e. The monoisotopic (exact) mass is 236 g/mol. The first-order valence-electron chi connectivity index (χ1n) is 5.23. The van der Waals surface area contributed by atoms with Crippen LogP contribution < -0.4 is 5.32 Å². The predicted octanol–water partition coefficient (Wildman–Crippen LogP) is -0.355. The van der Waals surface area contributed by atoms with Crippen LogP contribution in [0.15, 0.2) is 0 Å². The molecule has 90 valence electrons. The van der Waals surface area contributed by atoms with E-state index in [1.165, 1.54) is 0 Å². The third-order valence-corrected chi connectivity index (χ3v) is 4.86. The largest absolute Gasteiger partial charge is 0.378 e. The molecule has 1 atom stereocenters. The van der Waals surface area contributed by atoms with E-state index in [2.05, 4.69) is 5.32 Å². The highest BCUT2D eigenvalue weighted by atomic mass is 32.2. The summed E-state index contributed by atoms with van der Waals surface area (Å²) in [5.74, 6) is 0. The fraction of sp³-hybridized carbons (Fsp3) is 1.00. The Morgan fingerprint density at radius 2 is 2.20 bits per heavy atom. The lowest BCUT2D eigenvalue weighted by atomic mass is 10.3. The van der Waals surface area contributed by atoms with Crippen LogP contribution in [0.25, 0.3) is 0 Å². The number of hydrogen-bond acceptors (Lipinski definition) is 4. The van der Waals surface area contributed by atoms with Crippen LogP contribution in [-0.4, -0.2) is 57.4 Å². The van der Waals surface area contributed by atoms with Crippen LogP contribution in [-0.2, 0) is 14.8 Å². The van der Waals surface area contributed by atoms with Crippen LogP contribution in [0, 0.1) is 0 Å². The van der Waals surface area contributed by atoms with Gasteiger partial charge >= 0.3 is 0 Å². The number of ether oxygens (including phenoxy) is 1. The highest BCUT2D eigenvalue weighted by Crippen LogP contribution is 2.15. The summed E-state index contributed by atoms with van der Waals surface area (Å²) in [5, 5.41) is 2.63. The molecule has 0 aromatic carbocycles. The summed E-state index contributed by atoms with van der Waals surface area (Å²) >= 11 is 0. The van der Waals surface area contributed by atoms with Gasteiger partial charge in [0.05, 0.1) is 24.5 Å². The van der Waals surface area contributed by atoms with Crippen molar-refractivity contribution in [3.05, 3.63) is 0 Å². The van der Waals surface area contributed by atoms with Gasteiger partial charge in [0.25, 0.3) is 0 Å². The molecule has 1 saturated heterocycles. The van der Waals surface area contributed by atoms with Crippen LogP contribution >= 0.6 is 0 Å². The van der Waals surface area contributed by atoms with Gasteiger partial charge in [0.1, 0.15) is 0 Å². The topological polar surface area (TPSA) is 58.6 Å². The molecular weight excluding hydrogens is 216 g/mol. The molecule has 1 aliphatic heterocycles. The molecule has 6 heteroatoms. The van der Waals surface area contributed by atoms with E-state index in [-0.39, 0.29) is 11.3 Å². The van der Waals surface area contributed by atoms with Crippen molar-refractivity contribution in [1.29, 1.82) is 0 Å². The highest BCUT2D eigenvalue weighted by Gasteiger charge is 2.34. The number of nitrogens with zero attached hydrogens (tertiary/aromatic N) is 1. The van der Waals surface area contributed by atoms with Gasteiger partial charge in [-0.15, -0.1) is 0 Å². The zero-order valence-electron chi connectivity index (χ0n) is 9.56. The number of morpholine rings is 1. The molecule has 0 aliphatic carbocycles. The second-order valence-corrected chi connectivity index (χ2v) is 6.43. The minimum Gasteiger partial charge on any atom is -0.378 e. The minimum absolute atomic E-state index is 0.0730. The molecule has 1 rings (SSSR count). The van der Waals surface area contributed by atoms with Gasteiger partial charge in [-0.05, 0) is 20.9 Å². The number of likely N-dealkylation sites (N-methyl/N-ethyl adjacent to an activating group) is 1. The van der Waals surface area contributed by atoms with E-state index in [9.17, 15) is 8.42 Å². The third kappa shape index (κ3) is 2.90. The van der Waals surface area contributed by atoms with Crippen molar-refractivity contribution in [2.45, 2.75) is 25.1 Å². The van der Waals surface area contributed by atoms with Crippen molar-refractivity contribution in [1.82, 2.24) is 9.62 Å². The van der Waals surface area contributed by atoms with Crippen molar-refractivity contribution in [2.24, 2.45) is 0 Å². The van der Waals surface area contributed by atoms with Crippen molar-refractivity contribution >= 4 is 10.0 Å². The summed E-state index contributed by atoms with van der Waals surface area (Å²) in [6.07, 6.45) is 0. The van der Waals surface area contributed by atoms with Crippen molar-refractivity contribution in [3.63, 3.8) is 0 Å². The molecule has 0 radical (unpaired) electrons. The van der Waals surface area contributed by atoms with E-state index < -0.39 is 10.0 Å². The normalized spacial score (nSPS) is 24.7. The summed E-state index contributed by atoms with van der Waals surface area (Å²) in [5.41, 5.74) is 0. The Bertz CT molecular complexity index is 288. The zero-order valence-corrected chi connectivity index (χ0v) is 10.4. The first-order valence-corrected chi connectivity index (χ1v) is 6.73.